The molecule has 0 bridgehead atoms. The molecule has 7 nitrogen and oxygen atoms in total. The van der Waals surface area contributed by atoms with Gasteiger partial charge in [-0.3, -0.25) is 9.59 Å². The minimum Gasteiger partial charge on any atom is -0.496 e. The molecule has 4 aromatic rings. The summed E-state index contributed by atoms with van der Waals surface area (Å²) in [6.45, 7) is 0.257. The van der Waals surface area contributed by atoms with Crippen molar-refractivity contribution in [2.75, 3.05) is 14.2 Å². The van der Waals surface area contributed by atoms with Gasteiger partial charge in [0.25, 0.3) is 11.5 Å². The van der Waals surface area contributed by atoms with E-state index in [4.69, 9.17) is 9.47 Å². The van der Waals surface area contributed by atoms with Crippen LogP contribution in [0.3, 0.4) is 0 Å². The van der Waals surface area contributed by atoms with Gasteiger partial charge in [-0.05, 0) is 24.3 Å². The third kappa shape index (κ3) is 3.85. The Labute approximate surface area is 178 Å². The topological polar surface area (TPSA) is 82.4 Å². The summed E-state index contributed by atoms with van der Waals surface area (Å²) in [6, 6.07) is 21.4. The van der Waals surface area contributed by atoms with Crippen LogP contribution in [0.15, 0.2) is 77.6 Å². The van der Waals surface area contributed by atoms with Crippen LogP contribution in [0.1, 0.15) is 16.1 Å². The number of carbonyl (C=O) groups excluding carboxylic acids is 1. The smallest absolute Gasteiger partial charge is 0.279 e. The van der Waals surface area contributed by atoms with Crippen LogP contribution < -0.4 is 20.3 Å². The fourth-order valence-electron chi connectivity index (χ4n) is 3.43. The number of hydrogen-bond acceptors (Lipinski definition) is 5. The van der Waals surface area contributed by atoms with Gasteiger partial charge in [0.05, 0.1) is 19.6 Å². The van der Waals surface area contributed by atoms with Crippen LogP contribution >= 0.6 is 0 Å². The van der Waals surface area contributed by atoms with Crippen LogP contribution in [0.5, 0.6) is 11.5 Å². The van der Waals surface area contributed by atoms with Crippen LogP contribution in [0.25, 0.3) is 16.5 Å². The number of rotatable bonds is 6. The minimum atomic E-state index is -0.397. The number of nitrogens with one attached hydrogen (secondary N) is 1. The zero-order chi connectivity index (χ0) is 21.8. The molecule has 156 valence electrons. The van der Waals surface area contributed by atoms with E-state index in [1.165, 1.54) is 11.8 Å². The molecular formula is C24H21N3O4. The fourth-order valence-corrected chi connectivity index (χ4v) is 3.43. The number of benzene rings is 3. The van der Waals surface area contributed by atoms with Crippen molar-refractivity contribution in [1.82, 2.24) is 15.1 Å². The van der Waals surface area contributed by atoms with Crippen LogP contribution in [-0.4, -0.2) is 29.9 Å². The molecule has 0 radical (unpaired) electrons. The molecule has 0 fully saturated rings. The summed E-state index contributed by atoms with van der Waals surface area (Å²) in [5.74, 6) is 0.762. The van der Waals surface area contributed by atoms with Crippen molar-refractivity contribution in [3.63, 3.8) is 0 Å². The summed E-state index contributed by atoms with van der Waals surface area (Å²) in [5, 5.41) is 8.17. The first-order valence-electron chi connectivity index (χ1n) is 9.69. The van der Waals surface area contributed by atoms with E-state index in [1.807, 2.05) is 24.3 Å². The van der Waals surface area contributed by atoms with E-state index in [0.717, 1.165) is 5.56 Å². The lowest BCUT2D eigenvalue weighted by Crippen LogP contribution is -2.30. The lowest BCUT2D eigenvalue weighted by molar-refractivity contribution is 0.0946. The lowest BCUT2D eigenvalue weighted by Gasteiger charge is -2.14. The normalized spacial score (nSPS) is 10.6. The summed E-state index contributed by atoms with van der Waals surface area (Å²) in [5.41, 5.74) is 1.11. The van der Waals surface area contributed by atoms with Gasteiger partial charge in [0.2, 0.25) is 0 Å². The van der Waals surface area contributed by atoms with Crippen molar-refractivity contribution in [3.8, 4) is 17.2 Å². The van der Waals surface area contributed by atoms with Gasteiger partial charge in [0.15, 0.2) is 5.69 Å². The molecule has 0 aliphatic rings. The van der Waals surface area contributed by atoms with Gasteiger partial charge in [0, 0.05) is 17.5 Å². The highest BCUT2D eigenvalue weighted by atomic mass is 16.5. The minimum absolute atomic E-state index is 0.149. The summed E-state index contributed by atoms with van der Waals surface area (Å²) >= 11 is 0. The monoisotopic (exact) mass is 415 g/mol. The number of aromatic nitrogens is 2. The summed E-state index contributed by atoms with van der Waals surface area (Å²) < 4.78 is 11.9. The van der Waals surface area contributed by atoms with Crippen molar-refractivity contribution in [2.24, 2.45) is 0 Å². The van der Waals surface area contributed by atoms with Gasteiger partial charge in [-0.15, -0.1) is 0 Å². The highest BCUT2D eigenvalue weighted by Gasteiger charge is 2.19. The molecule has 0 saturated heterocycles. The number of carbonyl (C=O) groups is 1. The van der Waals surface area contributed by atoms with Crippen molar-refractivity contribution in [1.29, 1.82) is 0 Å². The molecule has 1 aromatic heterocycles. The molecule has 0 atom stereocenters. The molecule has 0 saturated carbocycles. The van der Waals surface area contributed by atoms with E-state index in [1.54, 1.807) is 55.6 Å². The third-order valence-corrected chi connectivity index (χ3v) is 4.97. The first kappa shape index (κ1) is 20.2. The van der Waals surface area contributed by atoms with Crippen LogP contribution in [0.4, 0.5) is 0 Å². The van der Waals surface area contributed by atoms with E-state index >= 15 is 0 Å². The molecule has 3 aromatic carbocycles. The Kier molecular flexibility index (Phi) is 5.66. The second kappa shape index (κ2) is 8.71. The Morgan fingerprint density at radius 1 is 0.871 bits per heavy atom. The number of nitrogens with zero attached hydrogens (tertiary/aromatic N) is 2. The quantitative estimate of drug-likeness (QED) is 0.522. The number of ether oxygens (including phenoxy) is 2. The second-order valence-corrected chi connectivity index (χ2v) is 6.78. The maximum atomic E-state index is 13.1. The van der Waals surface area contributed by atoms with E-state index in [0.29, 0.717) is 28.0 Å². The van der Waals surface area contributed by atoms with Gasteiger partial charge in [-0.2, -0.15) is 9.78 Å². The second-order valence-electron chi connectivity index (χ2n) is 6.78. The Bertz CT molecular complexity index is 1310. The van der Waals surface area contributed by atoms with Gasteiger partial charge in [0.1, 0.15) is 17.2 Å². The standard InChI is InChI=1S/C24H21N3O4/c1-30-20-13-7-3-9-16(20)15-25-23(28)22-17-10-4-5-11-18(17)24(29)27(26-22)19-12-6-8-14-21(19)31-2/h3-14H,15H2,1-2H3,(H,25,28). The Morgan fingerprint density at radius 2 is 1.48 bits per heavy atom. The number of methoxy groups -OCH3 is 2. The third-order valence-electron chi connectivity index (χ3n) is 4.97. The largest absolute Gasteiger partial charge is 0.496 e. The van der Waals surface area contributed by atoms with Gasteiger partial charge in [-0.1, -0.05) is 48.5 Å². The highest BCUT2D eigenvalue weighted by Crippen LogP contribution is 2.22. The highest BCUT2D eigenvalue weighted by molar-refractivity contribution is 6.04. The Morgan fingerprint density at radius 3 is 2.23 bits per heavy atom. The van der Waals surface area contributed by atoms with E-state index < -0.39 is 5.91 Å². The van der Waals surface area contributed by atoms with Crippen molar-refractivity contribution in [3.05, 3.63) is 94.4 Å². The molecule has 1 heterocycles. The number of para-hydroxylation sites is 3. The number of amides is 1. The molecule has 1 amide bonds. The van der Waals surface area contributed by atoms with Crippen molar-refractivity contribution < 1.29 is 14.3 Å². The molecular weight excluding hydrogens is 394 g/mol. The maximum absolute atomic E-state index is 13.1. The van der Waals surface area contributed by atoms with Gasteiger partial charge >= 0.3 is 0 Å². The van der Waals surface area contributed by atoms with Crippen LogP contribution in [0, 0.1) is 0 Å². The first-order valence-corrected chi connectivity index (χ1v) is 9.69. The number of hydrogen-bond donors (Lipinski definition) is 1. The van der Waals surface area contributed by atoms with Crippen molar-refractivity contribution in [2.45, 2.75) is 6.54 Å². The molecule has 4 rings (SSSR count). The van der Waals surface area contributed by atoms with Gasteiger partial charge < -0.3 is 14.8 Å². The predicted octanol–water partition coefficient (Wildman–Crippen LogP) is 3.33. The molecule has 7 heteroatoms. The molecule has 31 heavy (non-hydrogen) atoms. The number of fused-ring (bicyclic) bond motifs is 1. The fraction of sp³-hybridized carbons (Fsp3) is 0.125. The summed E-state index contributed by atoms with van der Waals surface area (Å²) in [6.07, 6.45) is 0. The summed E-state index contributed by atoms with van der Waals surface area (Å²) in [7, 11) is 3.10. The Hall–Kier alpha value is -4.13. The first-order chi connectivity index (χ1) is 15.1. The SMILES string of the molecule is COc1ccccc1CNC(=O)c1nn(-c2ccccc2OC)c(=O)c2ccccc12. The molecule has 0 unspecified atom stereocenters. The van der Waals surface area contributed by atoms with Crippen LogP contribution in [-0.2, 0) is 6.54 Å². The average Bonchev–Trinajstić information content (AvgIpc) is 2.83. The van der Waals surface area contributed by atoms with Crippen LogP contribution in [0.2, 0.25) is 0 Å². The molecule has 0 aliphatic heterocycles. The molecule has 0 spiro atoms. The zero-order valence-electron chi connectivity index (χ0n) is 17.2. The van der Waals surface area contributed by atoms with E-state index in [-0.39, 0.29) is 17.8 Å². The Balaban J connectivity index is 1.79. The van der Waals surface area contributed by atoms with E-state index in [2.05, 4.69) is 10.4 Å². The van der Waals surface area contributed by atoms with Crippen molar-refractivity contribution >= 4 is 16.7 Å². The molecule has 0 aliphatic carbocycles. The summed E-state index contributed by atoms with van der Waals surface area (Å²) in [4.78, 5) is 26.3. The maximum Gasteiger partial charge on any atom is 0.279 e. The van der Waals surface area contributed by atoms with Gasteiger partial charge in [-0.25, -0.2) is 0 Å². The zero-order valence-corrected chi connectivity index (χ0v) is 17.2. The average molecular weight is 415 g/mol. The molecule has 1 N–H and O–H groups in total. The predicted molar refractivity (Wildman–Crippen MR) is 118 cm³/mol. The lowest BCUT2D eigenvalue weighted by atomic mass is 10.1. The van der Waals surface area contributed by atoms with E-state index in [9.17, 15) is 9.59 Å².